The van der Waals surface area contributed by atoms with Gasteiger partial charge in [0, 0.05) is 12.1 Å². The highest BCUT2D eigenvalue weighted by molar-refractivity contribution is 5.33. The summed E-state index contributed by atoms with van der Waals surface area (Å²) in [7, 11) is 0. The maximum absolute atomic E-state index is 10.3. The number of rotatable bonds is 4. The van der Waals surface area contributed by atoms with E-state index in [1.807, 2.05) is 0 Å². The second-order valence-electron chi connectivity index (χ2n) is 2.89. The van der Waals surface area contributed by atoms with Crippen LogP contribution in [0.15, 0.2) is 36.9 Å². The summed E-state index contributed by atoms with van der Waals surface area (Å²) in [6.07, 6.45) is 1.41. The number of nitro groups is 1. The van der Waals surface area contributed by atoms with Crippen LogP contribution in [-0.2, 0) is 0 Å². The van der Waals surface area contributed by atoms with Crippen molar-refractivity contribution < 1.29 is 10.0 Å². The SMILES string of the molecule is C=CC[C@H](O)c1ccc([N+](=O)[O-])cc1. The molecule has 0 fully saturated rings. The minimum atomic E-state index is -0.631. The molecule has 0 bridgehead atoms. The standard InChI is InChI=1S/C10H11NO3/c1-2-3-10(12)8-4-6-9(7-5-8)11(13)14/h2,4-7,10,12H,1,3H2/t10-/m0/s1. The summed E-state index contributed by atoms with van der Waals surface area (Å²) < 4.78 is 0. The largest absolute Gasteiger partial charge is 0.388 e. The van der Waals surface area contributed by atoms with Crippen LogP contribution in [0.5, 0.6) is 0 Å². The summed E-state index contributed by atoms with van der Waals surface area (Å²) in [4.78, 5) is 9.87. The molecule has 0 aromatic heterocycles. The third-order valence-corrected chi connectivity index (χ3v) is 1.88. The van der Waals surface area contributed by atoms with E-state index in [1.54, 1.807) is 18.2 Å². The summed E-state index contributed by atoms with van der Waals surface area (Å²) in [6, 6.07) is 5.85. The van der Waals surface area contributed by atoms with Crippen molar-refractivity contribution in [3.8, 4) is 0 Å². The number of nitrogens with zero attached hydrogens (tertiary/aromatic N) is 1. The summed E-state index contributed by atoms with van der Waals surface area (Å²) in [5, 5.41) is 19.8. The van der Waals surface area contributed by atoms with E-state index >= 15 is 0 Å². The van der Waals surface area contributed by atoms with Crippen LogP contribution < -0.4 is 0 Å². The van der Waals surface area contributed by atoms with Crippen molar-refractivity contribution in [2.45, 2.75) is 12.5 Å². The third-order valence-electron chi connectivity index (χ3n) is 1.88. The molecule has 0 aliphatic carbocycles. The molecule has 4 nitrogen and oxygen atoms in total. The maximum atomic E-state index is 10.3. The molecule has 0 aliphatic rings. The smallest absolute Gasteiger partial charge is 0.269 e. The molecule has 14 heavy (non-hydrogen) atoms. The molecule has 0 radical (unpaired) electrons. The Morgan fingerprint density at radius 2 is 2.07 bits per heavy atom. The Morgan fingerprint density at radius 3 is 2.50 bits per heavy atom. The lowest BCUT2D eigenvalue weighted by molar-refractivity contribution is -0.384. The van der Waals surface area contributed by atoms with Crippen LogP contribution in [0.3, 0.4) is 0 Å². The Labute approximate surface area is 81.6 Å². The highest BCUT2D eigenvalue weighted by atomic mass is 16.6. The Hall–Kier alpha value is -1.68. The normalized spacial score (nSPS) is 12.1. The van der Waals surface area contributed by atoms with E-state index in [2.05, 4.69) is 6.58 Å². The molecule has 1 atom stereocenters. The molecular formula is C10H11NO3. The van der Waals surface area contributed by atoms with Gasteiger partial charge in [-0.1, -0.05) is 6.08 Å². The topological polar surface area (TPSA) is 63.4 Å². The Morgan fingerprint density at radius 1 is 1.50 bits per heavy atom. The molecular weight excluding hydrogens is 182 g/mol. The van der Waals surface area contributed by atoms with Crippen molar-refractivity contribution in [2.24, 2.45) is 0 Å². The molecule has 4 heteroatoms. The average molecular weight is 193 g/mol. The van der Waals surface area contributed by atoms with E-state index in [4.69, 9.17) is 0 Å². The van der Waals surface area contributed by atoms with Gasteiger partial charge in [-0.3, -0.25) is 10.1 Å². The van der Waals surface area contributed by atoms with Crippen LogP contribution in [0.1, 0.15) is 18.1 Å². The lowest BCUT2D eigenvalue weighted by Crippen LogP contribution is -1.96. The quantitative estimate of drug-likeness (QED) is 0.453. The molecule has 0 amide bonds. The summed E-state index contributed by atoms with van der Waals surface area (Å²) in [5.41, 5.74) is 0.690. The molecule has 0 unspecified atom stereocenters. The van der Waals surface area contributed by atoms with Gasteiger partial charge in [0.1, 0.15) is 0 Å². The van der Waals surface area contributed by atoms with Crippen molar-refractivity contribution >= 4 is 5.69 Å². The van der Waals surface area contributed by atoms with E-state index in [0.29, 0.717) is 12.0 Å². The first kappa shape index (κ1) is 10.4. The molecule has 0 aliphatic heterocycles. The molecule has 1 aromatic carbocycles. The molecule has 1 aromatic rings. The van der Waals surface area contributed by atoms with Gasteiger partial charge in [-0.15, -0.1) is 6.58 Å². The van der Waals surface area contributed by atoms with Crippen molar-refractivity contribution in [1.29, 1.82) is 0 Å². The van der Waals surface area contributed by atoms with Crippen molar-refractivity contribution in [1.82, 2.24) is 0 Å². The van der Waals surface area contributed by atoms with Gasteiger partial charge in [0.05, 0.1) is 11.0 Å². The minimum absolute atomic E-state index is 0.0274. The molecule has 74 valence electrons. The van der Waals surface area contributed by atoms with Crippen molar-refractivity contribution in [3.63, 3.8) is 0 Å². The summed E-state index contributed by atoms with van der Waals surface area (Å²) in [5.74, 6) is 0. The lowest BCUT2D eigenvalue weighted by atomic mass is 10.1. The highest BCUT2D eigenvalue weighted by Gasteiger charge is 2.08. The first-order valence-corrected chi connectivity index (χ1v) is 4.18. The number of benzene rings is 1. The first-order valence-electron chi connectivity index (χ1n) is 4.18. The number of aliphatic hydroxyl groups excluding tert-OH is 1. The van der Waals surface area contributed by atoms with Crippen LogP contribution in [0.4, 0.5) is 5.69 Å². The predicted octanol–water partition coefficient (Wildman–Crippen LogP) is 2.20. The van der Waals surface area contributed by atoms with Gasteiger partial charge < -0.3 is 5.11 Å². The van der Waals surface area contributed by atoms with E-state index in [9.17, 15) is 15.2 Å². The van der Waals surface area contributed by atoms with E-state index in [1.165, 1.54) is 12.1 Å². The monoisotopic (exact) mass is 193 g/mol. The lowest BCUT2D eigenvalue weighted by Gasteiger charge is -2.06. The second kappa shape index (κ2) is 4.53. The molecule has 0 heterocycles. The van der Waals surface area contributed by atoms with Gasteiger partial charge in [0.2, 0.25) is 0 Å². The van der Waals surface area contributed by atoms with Gasteiger partial charge >= 0.3 is 0 Å². The van der Waals surface area contributed by atoms with Crippen LogP contribution in [0.2, 0.25) is 0 Å². The Kier molecular flexibility index (Phi) is 3.36. The Balaban J connectivity index is 2.82. The van der Waals surface area contributed by atoms with Crippen molar-refractivity contribution in [3.05, 3.63) is 52.6 Å². The summed E-state index contributed by atoms with van der Waals surface area (Å²) >= 11 is 0. The number of hydrogen-bond donors (Lipinski definition) is 1. The minimum Gasteiger partial charge on any atom is -0.388 e. The zero-order valence-corrected chi connectivity index (χ0v) is 7.59. The van der Waals surface area contributed by atoms with E-state index < -0.39 is 11.0 Å². The third kappa shape index (κ3) is 2.40. The molecule has 0 saturated carbocycles. The molecule has 0 saturated heterocycles. The number of aliphatic hydroxyl groups is 1. The highest BCUT2D eigenvalue weighted by Crippen LogP contribution is 2.19. The number of hydrogen-bond acceptors (Lipinski definition) is 3. The first-order chi connectivity index (χ1) is 6.65. The number of nitro benzene ring substituents is 1. The average Bonchev–Trinajstić information content (AvgIpc) is 2.18. The molecule has 0 spiro atoms. The van der Waals surface area contributed by atoms with E-state index in [-0.39, 0.29) is 5.69 Å². The maximum Gasteiger partial charge on any atom is 0.269 e. The van der Waals surface area contributed by atoms with E-state index in [0.717, 1.165) is 0 Å². The Bertz CT molecular complexity index is 332. The predicted molar refractivity (Wildman–Crippen MR) is 52.9 cm³/mol. The zero-order chi connectivity index (χ0) is 10.6. The van der Waals surface area contributed by atoms with Crippen molar-refractivity contribution in [2.75, 3.05) is 0 Å². The van der Waals surface area contributed by atoms with Gasteiger partial charge in [-0.05, 0) is 24.1 Å². The second-order valence-corrected chi connectivity index (χ2v) is 2.89. The van der Waals surface area contributed by atoms with Crippen LogP contribution in [-0.4, -0.2) is 10.0 Å². The fourth-order valence-electron chi connectivity index (χ4n) is 1.11. The zero-order valence-electron chi connectivity index (χ0n) is 7.59. The van der Waals surface area contributed by atoms with Gasteiger partial charge in [0.15, 0.2) is 0 Å². The van der Waals surface area contributed by atoms with Gasteiger partial charge in [-0.2, -0.15) is 0 Å². The molecule has 1 rings (SSSR count). The fourth-order valence-corrected chi connectivity index (χ4v) is 1.11. The number of non-ortho nitro benzene ring substituents is 1. The molecule has 1 N–H and O–H groups in total. The van der Waals surface area contributed by atoms with Crippen LogP contribution in [0.25, 0.3) is 0 Å². The van der Waals surface area contributed by atoms with Crippen LogP contribution >= 0.6 is 0 Å². The fraction of sp³-hybridized carbons (Fsp3) is 0.200. The van der Waals surface area contributed by atoms with Gasteiger partial charge in [-0.25, -0.2) is 0 Å². The van der Waals surface area contributed by atoms with Gasteiger partial charge in [0.25, 0.3) is 5.69 Å². The van der Waals surface area contributed by atoms with Crippen LogP contribution in [0, 0.1) is 10.1 Å². The summed E-state index contributed by atoms with van der Waals surface area (Å²) in [6.45, 7) is 3.50.